The van der Waals surface area contributed by atoms with Gasteiger partial charge < -0.3 is 0 Å². The third-order valence-electron chi connectivity index (χ3n) is 3.30. The number of rotatable bonds is 5. The summed E-state index contributed by atoms with van der Waals surface area (Å²) in [6.07, 6.45) is 4.58. The van der Waals surface area contributed by atoms with Crippen LogP contribution < -0.4 is 0 Å². The van der Waals surface area contributed by atoms with Crippen molar-refractivity contribution in [1.82, 2.24) is 0 Å². The van der Waals surface area contributed by atoms with Crippen LogP contribution in [-0.4, -0.2) is 0 Å². The molecule has 0 aromatic heterocycles. The zero-order chi connectivity index (χ0) is 15.1. The van der Waals surface area contributed by atoms with E-state index in [0.717, 1.165) is 30.4 Å². The Labute approximate surface area is 123 Å². The molecule has 2 rings (SSSR count). The molecule has 3 heteroatoms. The summed E-state index contributed by atoms with van der Waals surface area (Å²) in [5, 5.41) is 8.72. The van der Waals surface area contributed by atoms with Gasteiger partial charge in [0.2, 0.25) is 0 Å². The fourth-order valence-electron chi connectivity index (χ4n) is 2.14. The van der Waals surface area contributed by atoms with Crippen LogP contribution in [0.1, 0.15) is 24.0 Å². The van der Waals surface area contributed by atoms with Crippen molar-refractivity contribution in [2.45, 2.75) is 19.3 Å². The van der Waals surface area contributed by atoms with E-state index in [2.05, 4.69) is 0 Å². The van der Waals surface area contributed by atoms with Crippen molar-refractivity contribution in [2.24, 2.45) is 0 Å². The van der Waals surface area contributed by atoms with E-state index < -0.39 is 5.82 Å². The second kappa shape index (κ2) is 7.35. The summed E-state index contributed by atoms with van der Waals surface area (Å²) in [6.45, 7) is 0. The number of unbranched alkanes of at least 4 members (excludes halogenated alkanes) is 1. The van der Waals surface area contributed by atoms with Gasteiger partial charge in [0.05, 0.1) is 11.9 Å². The number of allylic oxidation sites excluding steroid dienone is 1. The van der Waals surface area contributed by atoms with E-state index in [-0.39, 0.29) is 5.56 Å². The largest absolute Gasteiger partial charge is 0.216 e. The molecule has 2 aromatic rings. The van der Waals surface area contributed by atoms with Crippen LogP contribution in [0.25, 0.3) is 11.1 Å². The van der Waals surface area contributed by atoms with Crippen LogP contribution in [0.2, 0.25) is 0 Å². The normalized spacial score (nSPS) is 10.7. The first-order valence-corrected chi connectivity index (χ1v) is 6.79. The molecule has 0 unspecified atom stereocenters. The quantitative estimate of drug-likeness (QED) is 0.694. The Morgan fingerprint density at radius 2 is 1.76 bits per heavy atom. The molecule has 0 atom stereocenters. The lowest BCUT2D eigenvalue weighted by molar-refractivity contribution is 0.624. The molecular weight excluding hydrogens is 268 g/mol. The number of aryl methyl sites for hydroxylation is 1. The molecule has 0 heterocycles. The highest BCUT2D eigenvalue weighted by atomic mass is 19.1. The summed E-state index contributed by atoms with van der Waals surface area (Å²) >= 11 is 0. The smallest absolute Gasteiger partial charge is 0.141 e. The first-order chi connectivity index (χ1) is 10.2. The Hall–Kier alpha value is -2.47. The minimum atomic E-state index is -0.503. The van der Waals surface area contributed by atoms with Crippen molar-refractivity contribution in [1.29, 1.82) is 5.26 Å². The van der Waals surface area contributed by atoms with Gasteiger partial charge in [-0.2, -0.15) is 5.26 Å². The third kappa shape index (κ3) is 4.00. The van der Waals surface area contributed by atoms with Gasteiger partial charge in [-0.05, 0) is 48.1 Å². The van der Waals surface area contributed by atoms with Crippen molar-refractivity contribution in [3.8, 4) is 17.2 Å². The number of hydrogen-bond donors (Lipinski definition) is 0. The number of hydrogen-bond acceptors (Lipinski definition) is 1. The van der Waals surface area contributed by atoms with E-state index in [1.54, 1.807) is 6.07 Å². The minimum Gasteiger partial charge on any atom is -0.216 e. The Morgan fingerprint density at radius 1 is 1.05 bits per heavy atom. The molecule has 0 saturated carbocycles. The minimum absolute atomic E-state index is 0.0521. The number of nitriles is 1. The zero-order valence-corrected chi connectivity index (χ0v) is 11.5. The number of nitrogens with zero attached hydrogens (tertiary/aromatic N) is 1. The molecule has 1 nitrogen and oxygen atoms in total. The highest BCUT2D eigenvalue weighted by Gasteiger charge is 2.04. The van der Waals surface area contributed by atoms with Gasteiger partial charge in [0.25, 0.3) is 0 Å². The second-order valence-corrected chi connectivity index (χ2v) is 4.76. The van der Waals surface area contributed by atoms with Gasteiger partial charge >= 0.3 is 0 Å². The maximum atomic E-state index is 13.6. The van der Waals surface area contributed by atoms with E-state index in [1.807, 2.05) is 30.3 Å². The second-order valence-electron chi connectivity index (χ2n) is 4.76. The van der Waals surface area contributed by atoms with Crippen molar-refractivity contribution in [3.05, 3.63) is 71.8 Å². The predicted molar refractivity (Wildman–Crippen MR) is 79.7 cm³/mol. The van der Waals surface area contributed by atoms with Crippen LogP contribution in [0, 0.1) is 17.1 Å². The SMILES string of the molecule is N#Cc1ccc(-c2ccc(CCC/C=C/F)cc2)cc1F. The van der Waals surface area contributed by atoms with Crippen LogP contribution in [0.5, 0.6) is 0 Å². The number of benzene rings is 2. The van der Waals surface area contributed by atoms with Crippen molar-refractivity contribution >= 4 is 0 Å². The Kier molecular flexibility index (Phi) is 5.22. The Morgan fingerprint density at radius 3 is 2.38 bits per heavy atom. The van der Waals surface area contributed by atoms with E-state index >= 15 is 0 Å². The Bertz CT molecular complexity index is 667. The van der Waals surface area contributed by atoms with Crippen LogP contribution in [0.15, 0.2) is 54.9 Å². The third-order valence-corrected chi connectivity index (χ3v) is 3.30. The van der Waals surface area contributed by atoms with Gasteiger partial charge in [0.1, 0.15) is 11.9 Å². The molecule has 106 valence electrons. The van der Waals surface area contributed by atoms with E-state index in [4.69, 9.17) is 5.26 Å². The van der Waals surface area contributed by atoms with Crippen LogP contribution in [0.4, 0.5) is 8.78 Å². The van der Waals surface area contributed by atoms with Gasteiger partial charge in [0.15, 0.2) is 0 Å². The molecular formula is C18H15F2N. The highest BCUT2D eigenvalue weighted by Crippen LogP contribution is 2.22. The van der Waals surface area contributed by atoms with Gasteiger partial charge in [-0.25, -0.2) is 8.78 Å². The average Bonchev–Trinajstić information content (AvgIpc) is 2.52. The van der Waals surface area contributed by atoms with Crippen LogP contribution in [0.3, 0.4) is 0 Å². The van der Waals surface area contributed by atoms with E-state index in [9.17, 15) is 8.78 Å². The van der Waals surface area contributed by atoms with Crippen molar-refractivity contribution < 1.29 is 8.78 Å². The molecule has 0 aliphatic rings. The molecule has 0 radical (unpaired) electrons. The Balaban J connectivity index is 2.08. The molecule has 0 aliphatic heterocycles. The molecule has 0 saturated heterocycles. The topological polar surface area (TPSA) is 23.8 Å². The van der Waals surface area contributed by atoms with Gasteiger partial charge in [-0.15, -0.1) is 0 Å². The van der Waals surface area contributed by atoms with Crippen molar-refractivity contribution in [2.75, 3.05) is 0 Å². The van der Waals surface area contributed by atoms with Crippen LogP contribution in [-0.2, 0) is 6.42 Å². The predicted octanol–water partition coefficient (Wildman–Crippen LogP) is 5.17. The van der Waals surface area contributed by atoms with Crippen molar-refractivity contribution in [3.63, 3.8) is 0 Å². The molecule has 0 aliphatic carbocycles. The summed E-state index contributed by atoms with van der Waals surface area (Å²) in [5.41, 5.74) is 2.88. The lowest BCUT2D eigenvalue weighted by Gasteiger charge is -2.05. The number of halogens is 2. The lowest BCUT2D eigenvalue weighted by atomic mass is 10.0. The van der Waals surface area contributed by atoms with Gasteiger partial charge in [-0.3, -0.25) is 0 Å². The van der Waals surface area contributed by atoms with Gasteiger partial charge in [-0.1, -0.05) is 36.4 Å². The standard InChI is InChI=1S/C18H15F2N/c19-11-3-1-2-4-14-5-7-15(8-6-14)16-9-10-17(13-21)18(20)12-16/h3,5-12H,1-2,4H2/b11-3+. The summed E-state index contributed by atoms with van der Waals surface area (Å²) in [4.78, 5) is 0. The molecule has 0 bridgehead atoms. The molecule has 0 N–H and O–H groups in total. The van der Waals surface area contributed by atoms with E-state index in [1.165, 1.54) is 23.8 Å². The van der Waals surface area contributed by atoms with Crippen LogP contribution >= 0.6 is 0 Å². The fourth-order valence-corrected chi connectivity index (χ4v) is 2.14. The first kappa shape index (κ1) is 14.9. The summed E-state index contributed by atoms with van der Waals surface area (Å²) in [7, 11) is 0. The molecule has 0 amide bonds. The molecule has 2 aromatic carbocycles. The van der Waals surface area contributed by atoms with Gasteiger partial charge in [0, 0.05) is 0 Å². The highest BCUT2D eigenvalue weighted by molar-refractivity contribution is 5.64. The lowest BCUT2D eigenvalue weighted by Crippen LogP contribution is -1.87. The average molecular weight is 283 g/mol. The molecule has 0 fully saturated rings. The zero-order valence-electron chi connectivity index (χ0n) is 11.5. The maximum absolute atomic E-state index is 13.6. The summed E-state index contributed by atoms with van der Waals surface area (Å²) < 4.78 is 25.4. The van der Waals surface area contributed by atoms with E-state index in [0.29, 0.717) is 6.33 Å². The molecule has 0 spiro atoms. The monoisotopic (exact) mass is 283 g/mol. The summed E-state index contributed by atoms with van der Waals surface area (Å²) in [6, 6.07) is 14.3. The maximum Gasteiger partial charge on any atom is 0.141 e. The molecule has 21 heavy (non-hydrogen) atoms. The fraction of sp³-hybridized carbons (Fsp3) is 0.167. The summed E-state index contributed by atoms with van der Waals surface area (Å²) in [5.74, 6) is -0.503. The first-order valence-electron chi connectivity index (χ1n) is 6.79.